The van der Waals surface area contributed by atoms with E-state index in [1.165, 1.54) is 0 Å². The number of benzene rings is 1. The average molecular weight is 320 g/mol. The SMILES string of the molecule is CC1(CCCC(F)(F)F)CCNCC1c1ccccc1Cl. The Kier molecular flexibility index (Phi) is 5.20. The second kappa shape index (κ2) is 6.57. The Bertz CT molecular complexity index is 475. The highest BCUT2D eigenvalue weighted by molar-refractivity contribution is 6.31. The van der Waals surface area contributed by atoms with Crippen molar-refractivity contribution in [2.24, 2.45) is 5.41 Å². The van der Waals surface area contributed by atoms with E-state index in [-0.39, 0.29) is 17.8 Å². The van der Waals surface area contributed by atoms with Crippen molar-refractivity contribution >= 4 is 11.6 Å². The fourth-order valence-corrected chi connectivity index (χ4v) is 3.54. The Morgan fingerprint density at radius 3 is 2.71 bits per heavy atom. The van der Waals surface area contributed by atoms with Crippen molar-refractivity contribution in [3.8, 4) is 0 Å². The third-order valence-corrected chi connectivity index (χ3v) is 4.90. The molecular weight excluding hydrogens is 299 g/mol. The van der Waals surface area contributed by atoms with E-state index in [0.29, 0.717) is 11.4 Å². The van der Waals surface area contributed by atoms with Gasteiger partial charge in [0.15, 0.2) is 0 Å². The van der Waals surface area contributed by atoms with Crippen molar-refractivity contribution in [1.82, 2.24) is 5.32 Å². The molecule has 2 atom stereocenters. The summed E-state index contributed by atoms with van der Waals surface area (Å²) in [6.45, 7) is 3.72. The molecule has 1 aromatic carbocycles. The first-order valence-corrected chi connectivity index (χ1v) is 7.71. The molecule has 21 heavy (non-hydrogen) atoms. The average Bonchev–Trinajstić information content (AvgIpc) is 2.39. The van der Waals surface area contributed by atoms with Crippen LogP contribution in [0.5, 0.6) is 0 Å². The second-order valence-electron chi connectivity index (χ2n) is 6.15. The van der Waals surface area contributed by atoms with Crippen molar-refractivity contribution in [1.29, 1.82) is 0 Å². The molecule has 0 bridgehead atoms. The lowest BCUT2D eigenvalue weighted by molar-refractivity contribution is -0.137. The van der Waals surface area contributed by atoms with Gasteiger partial charge in [0.05, 0.1) is 0 Å². The van der Waals surface area contributed by atoms with Crippen LogP contribution in [0.1, 0.15) is 44.1 Å². The molecular formula is C16H21ClF3N. The Balaban J connectivity index is 2.12. The molecule has 118 valence electrons. The maximum atomic E-state index is 12.4. The van der Waals surface area contributed by atoms with Gasteiger partial charge in [-0.15, -0.1) is 0 Å². The highest BCUT2D eigenvalue weighted by Crippen LogP contribution is 2.46. The molecule has 1 aliphatic rings. The molecule has 0 aliphatic carbocycles. The lowest BCUT2D eigenvalue weighted by Crippen LogP contribution is -2.42. The first-order chi connectivity index (χ1) is 9.82. The van der Waals surface area contributed by atoms with Gasteiger partial charge in [0.25, 0.3) is 0 Å². The normalized spacial score (nSPS) is 26.8. The summed E-state index contributed by atoms with van der Waals surface area (Å²) in [6.07, 6.45) is -3.14. The largest absolute Gasteiger partial charge is 0.389 e. The first-order valence-electron chi connectivity index (χ1n) is 7.34. The van der Waals surface area contributed by atoms with E-state index < -0.39 is 12.6 Å². The summed E-state index contributed by atoms with van der Waals surface area (Å²) in [5.74, 6) is 0.160. The van der Waals surface area contributed by atoms with E-state index in [9.17, 15) is 13.2 Å². The van der Waals surface area contributed by atoms with Gasteiger partial charge in [-0.25, -0.2) is 0 Å². The number of hydrogen-bond acceptors (Lipinski definition) is 1. The summed E-state index contributed by atoms with van der Waals surface area (Å²) in [6, 6.07) is 7.65. The summed E-state index contributed by atoms with van der Waals surface area (Å²) in [7, 11) is 0. The zero-order valence-electron chi connectivity index (χ0n) is 12.1. The lowest BCUT2D eigenvalue weighted by Gasteiger charge is -2.43. The van der Waals surface area contributed by atoms with Crippen molar-refractivity contribution < 1.29 is 13.2 Å². The molecule has 0 aromatic heterocycles. The number of hydrogen-bond donors (Lipinski definition) is 1. The summed E-state index contributed by atoms with van der Waals surface area (Å²) >= 11 is 6.28. The van der Waals surface area contributed by atoms with E-state index in [4.69, 9.17) is 11.6 Å². The van der Waals surface area contributed by atoms with Gasteiger partial charge < -0.3 is 5.32 Å². The Hall–Kier alpha value is -0.740. The molecule has 1 aliphatic heterocycles. The van der Waals surface area contributed by atoms with Crippen LogP contribution in [0.25, 0.3) is 0 Å². The number of alkyl halides is 3. The molecule has 0 radical (unpaired) electrons. The number of rotatable bonds is 4. The minimum absolute atomic E-state index is 0.137. The topological polar surface area (TPSA) is 12.0 Å². The molecule has 2 rings (SSSR count). The van der Waals surface area contributed by atoms with Crippen molar-refractivity contribution in [3.63, 3.8) is 0 Å². The molecule has 1 aromatic rings. The molecule has 1 N–H and O–H groups in total. The van der Waals surface area contributed by atoms with Gasteiger partial charge in [-0.3, -0.25) is 0 Å². The fourth-order valence-electron chi connectivity index (χ4n) is 3.28. The number of halogens is 4. The van der Waals surface area contributed by atoms with Crippen LogP contribution in [-0.4, -0.2) is 19.3 Å². The van der Waals surface area contributed by atoms with E-state index in [1.54, 1.807) is 0 Å². The standard InChI is InChI=1S/C16H21ClF3N/c1-15(7-4-8-16(18,19)20)9-10-21-11-13(15)12-5-2-3-6-14(12)17/h2-3,5-6,13,21H,4,7-11H2,1H3. The van der Waals surface area contributed by atoms with Crippen molar-refractivity contribution in [3.05, 3.63) is 34.9 Å². The highest BCUT2D eigenvalue weighted by Gasteiger charge is 2.39. The summed E-state index contributed by atoms with van der Waals surface area (Å²) in [5, 5.41) is 4.04. The third-order valence-electron chi connectivity index (χ3n) is 4.55. The van der Waals surface area contributed by atoms with E-state index in [2.05, 4.69) is 12.2 Å². The molecule has 1 fully saturated rings. The van der Waals surface area contributed by atoms with Gasteiger partial charge in [-0.05, 0) is 42.9 Å². The van der Waals surface area contributed by atoms with Crippen LogP contribution in [0.15, 0.2) is 24.3 Å². The van der Waals surface area contributed by atoms with Crippen molar-refractivity contribution in [2.75, 3.05) is 13.1 Å². The van der Waals surface area contributed by atoms with Gasteiger partial charge in [0.1, 0.15) is 0 Å². The zero-order valence-corrected chi connectivity index (χ0v) is 12.9. The van der Waals surface area contributed by atoms with Crippen LogP contribution < -0.4 is 5.32 Å². The molecule has 1 saturated heterocycles. The highest BCUT2D eigenvalue weighted by atomic mass is 35.5. The molecule has 0 amide bonds. The Morgan fingerprint density at radius 1 is 1.33 bits per heavy atom. The summed E-state index contributed by atoms with van der Waals surface area (Å²) in [5.41, 5.74) is 0.905. The lowest BCUT2D eigenvalue weighted by atomic mass is 9.66. The fraction of sp³-hybridized carbons (Fsp3) is 0.625. The first kappa shape index (κ1) is 16.6. The van der Waals surface area contributed by atoms with Crippen LogP contribution in [0.2, 0.25) is 5.02 Å². The molecule has 0 saturated carbocycles. The molecule has 5 heteroatoms. The van der Waals surface area contributed by atoms with E-state index in [1.807, 2.05) is 24.3 Å². The summed E-state index contributed by atoms with van der Waals surface area (Å²) in [4.78, 5) is 0. The minimum atomic E-state index is -4.07. The quantitative estimate of drug-likeness (QED) is 0.808. The molecule has 1 nitrogen and oxygen atoms in total. The third kappa shape index (κ3) is 4.36. The predicted molar refractivity (Wildman–Crippen MR) is 79.7 cm³/mol. The second-order valence-corrected chi connectivity index (χ2v) is 6.56. The van der Waals surface area contributed by atoms with Gasteiger partial charge in [0.2, 0.25) is 0 Å². The van der Waals surface area contributed by atoms with E-state index in [0.717, 1.165) is 25.1 Å². The minimum Gasteiger partial charge on any atom is -0.316 e. The van der Waals surface area contributed by atoms with E-state index >= 15 is 0 Å². The molecule has 1 heterocycles. The van der Waals surface area contributed by atoms with Crippen LogP contribution in [-0.2, 0) is 0 Å². The number of piperidine rings is 1. The Morgan fingerprint density at radius 2 is 2.05 bits per heavy atom. The van der Waals surface area contributed by atoms with Gasteiger partial charge >= 0.3 is 6.18 Å². The number of nitrogens with one attached hydrogen (secondary N) is 1. The predicted octanol–water partition coefficient (Wildman–Crippen LogP) is 5.16. The Labute approximate surface area is 128 Å². The van der Waals surface area contributed by atoms with Crippen LogP contribution in [0, 0.1) is 5.41 Å². The van der Waals surface area contributed by atoms with Crippen LogP contribution in [0.4, 0.5) is 13.2 Å². The van der Waals surface area contributed by atoms with Crippen molar-refractivity contribution in [2.45, 2.75) is 44.7 Å². The van der Waals surface area contributed by atoms with Gasteiger partial charge in [-0.1, -0.05) is 36.7 Å². The van der Waals surface area contributed by atoms with Gasteiger partial charge in [-0.2, -0.15) is 13.2 Å². The molecule has 2 unspecified atom stereocenters. The zero-order chi connectivity index (χ0) is 15.5. The van der Waals surface area contributed by atoms with Crippen LogP contribution >= 0.6 is 11.6 Å². The monoisotopic (exact) mass is 319 g/mol. The molecule has 0 spiro atoms. The maximum absolute atomic E-state index is 12.4. The van der Waals surface area contributed by atoms with Crippen LogP contribution in [0.3, 0.4) is 0 Å². The summed E-state index contributed by atoms with van der Waals surface area (Å²) < 4.78 is 37.2. The maximum Gasteiger partial charge on any atom is 0.389 e. The van der Waals surface area contributed by atoms with Gasteiger partial charge in [0, 0.05) is 23.9 Å². The smallest absolute Gasteiger partial charge is 0.316 e.